The first-order valence-corrected chi connectivity index (χ1v) is 10.1. The Morgan fingerprint density at radius 1 is 0.968 bits per heavy atom. The number of ether oxygens (including phenoxy) is 3. The number of pyridine rings is 1. The SMILES string of the molecule is CCNC(=NCc1cccc(OCc2ccccn2)c1)Nc1ccc(OC)c(OC)c1. The summed E-state index contributed by atoms with van der Waals surface area (Å²) >= 11 is 0. The maximum Gasteiger partial charge on any atom is 0.196 e. The average Bonchev–Trinajstić information content (AvgIpc) is 2.82. The number of hydrogen-bond donors (Lipinski definition) is 2. The Labute approximate surface area is 183 Å². The van der Waals surface area contributed by atoms with Crippen LogP contribution in [-0.2, 0) is 13.2 Å². The highest BCUT2D eigenvalue weighted by Gasteiger charge is 2.06. The van der Waals surface area contributed by atoms with Gasteiger partial charge in [0.15, 0.2) is 17.5 Å². The van der Waals surface area contributed by atoms with Gasteiger partial charge in [0.2, 0.25) is 0 Å². The summed E-state index contributed by atoms with van der Waals surface area (Å²) in [6, 6.07) is 19.3. The summed E-state index contributed by atoms with van der Waals surface area (Å²) in [5.74, 6) is 2.80. The number of anilines is 1. The van der Waals surface area contributed by atoms with Crippen molar-refractivity contribution >= 4 is 11.6 Å². The molecule has 7 nitrogen and oxygen atoms in total. The highest BCUT2D eigenvalue weighted by molar-refractivity contribution is 5.93. The largest absolute Gasteiger partial charge is 0.493 e. The summed E-state index contributed by atoms with van der Waals surface area (Å²) in [4.78, 5) is 8.97. The Morgan fingerprint density at radius 2 is 1.84 bits per heavy atom. The quantitative estimate of drug-likeness (QED) is 0.398. The van der Waals surface area contributed by atoms with Crippen molar-refractivity contribution in [1.82, 2.24) is 10.3 Å². The molecule has 1 aromatic heterocycles. The topological polar surface area (TPSA) is 77.0 Å². The minimum Gasteiger partial charge on any atom is -0.493 e. The van der Waals surface area contributed by atoms with Gasteiger partial charge in [0.05, 0.1) is 26.5 Å². The molecule has 1 heterocycles. The van der Waals surface area contributed by atoms with Gasteiger partial charge in [0.25, 0.3) is 0 Å². The molecule has 31 heavy (non-hydrogen) atoms. The minimum atomic E-state index is 0.428. The monoisotopic (exact) mass is 420 g/mol. The third kappa shape index (κ3) is 6.64. The summed E-state index contributed by atoms with van der Waals surface area (Å²) in [6.45, 7) is 3.70. The first-order chi connectivity index (χ1) is 15.2. The van der Waals surface area contributed by atoms with Crippen molar-refractivity contribution in [2.45, 2.75) is 20.1 Å². The van der Waals surface area contributed by atoms with E-state index in [1.807, 2.05) is 67.6 Å². The molecular weight excluding hydrogens is 392 g/mol. The first kappa shape index (κ1) is 22.0. The Hall–Kier alpha value is -3.74. The van der Waals surface area contributed by atoms with Gasteiger partial charge in [0.1, 0.15) is 12.4 Å². The van der Waals surface area contributed by atoms with E-state index in [4.69, 9.17) is 19.2 Å². The molecule has 162 valence electrons. The molecule has 0 bridgehead atoms. The number of rotatable bonds is 9. The van der Waals surface area contributed by atoms with E-state index in [1.165, 1.54) is 0 Å². The van der Waals surface area contributed by atoms with E-state index in [9.17, 15) is 0 Å². The molecule has 0 saturated heterocycles. The van der Waals surface area contributed by atoms with Gasteiger partial charge in [-0.3, -0.25) is 4.98 Å². The van der Waals surface area contributed by atoms with E-state index in [1.54, 1.807) is 20.4 Å². The van der Waals surface area contributed by atoms with Gasteiger partial charge in [0, 0.05) is 24.5 Å². The van der Waals surface area contributed by atoms with Crippen molar-refractivity contribution in [3.8, 4) is 17.2 Å². The molecule has 2 N–H and O–H groups in total. The van der Waals surface area contributed by atoms with E-state index in [0.717, 1.165) is 29.2 Å². The zero-order chi connectivity index (χ0) is 21.9. The number of guanidine groups is 1. The van der Waals surface area contributed by atoms with Crippen molar-refractivity contribution < 1.29 is 14.2 Å². The molecule has 3 rings (SSSR count). The van der Waals surface area contributed by atoms with Gasteiger partial charge in [-0.05, 0) is 48.9 Å². The maximum absolute atomic E-state index is 5.86. The third-order valence-corrected chi connectivity index (χ3v) is 4.42. The Morgan fingerprint density at radius 3 is 2.58 bits per heavy atom. The number of aromatic nitrogens is 1. The number of aliphatic imine (C=N–C) groups is 1. The lowest BCUT2D eigenvalue weighted by molar-refractivity contribution is 0.301. The summed E-state index contributed by atoms with van der Waals surface area (Å²) in [6.07, 6.45) is 1.76. The van der Waals surface area contributed by atoms with Gasteiger partial charge in [-0.2, -0.15) is 0 Å². The smallest absolute Gasteiger partial charge is 0.196 e. The highest BCUT2D eigenvalue weighted by Crippen LogP contribution is 2.29. The van der Waals surface area contributed by atoms with E-state index >= 15 is 0 Å². The predicted octanol–water partition coefficient (Wildman–Crippen LogP) is 4.26. The molecule has 0 radical (unpaired) electrons. The van der Waals surface area contributed by atoms with Crippen LogP contribution in [0.25, 0.3) is 0 Å². The normalized spacial score (nSPS) is 11.0. The average molecular weight is 421 g/mol. The molecule has 0 spiro atoms. The van der Waals surface area contributed by atoms with Crippen LogP contribution in [0.5, 0.6) is 17.2 Å². The molecule has 0 unspecified atom stereocenters. The Bertz CT molecular complexity index is 993. The standard InChI is InChI=1S/C24H28N4O3/c1-4-25-24(28-19-11-12-22(29-2)23(15-19)30-3)27-16-18-8-7-10-21(14-18)31-17-20-9-5-6-13-26-20/h5-15H,4,16-17H2,1-3H3,(H2,25,27,28). The van der Waals surface area contributed by atoms with Crippen LogP contribution < -0.4 is 24.8 Å². The summed E-state index contributed by atoms with van der Waals surface area (Å²) in [7, 11) is 3.23. The second-order valence-electron chi connectivity index (χ2n) is 6.65. The van der Waals surface area contributed by atoms with E-state index in [0.29, 0.717) is 30.6 Å². The summed E-state index contributed by atoms with van der Waals surface area (Å²) < 4.78 is 16.5. The van der Waals surface area contributed by atoms with Crippen molar-refractivity contribution in [3.63, 3.8) is 0 Å². The molecule has 0 aliphatic carbocycles. The minimum absolute atomic E-state index is 0.428. The maximum atomic E-state index is 5.86. The number of hydrogen-bond acceptors (Lipinski definition) is 5. The fourth-order valence-electron chi connectivity index (χ4n) is 2.90. The van der Waals surface area contributed by atoms with Crippen molar-refractivity contribution in [2.24, 2.45) is 4.99 Å². The Kier molecular flexibility index (Phi) is 8.11. The molecule has 0 saturated carbocycles. The Balaban J connectivity index is 1.66. The van der Waals surface area contributed by atoms with Crippen LogP contribution in [0.3, 0.4) is 0 Å². The second-order valence-corrected chi connectivity index (χ2v) is 6.65. The molecule has 7 heteroatoms. The zero-order valence-corrected chi connectivity index (χ0v) is 18.1. The van der Waals surface area contributed by atoms with Crippen LogP contribution >= 0.6 is 0 Å². The fourth-order valence-corrected chi connectivity index (χ4v) is 2.90. The van der Waals surface area contributed by atoms with Crippen LogP contribution in [0.15, 0.2) is 71.9 Å². The first-order valence-electron chi connectivity index (χ1n) is 10.1. The van der Waals surface area contributed by atoms with E-state index in [-0.39, 0.29) is 0 Å². The summed E-state index contributed by atoms with van der Waals surface area (Å²) in [5.41, 5.74) is 2.78. The van der Waals surface area contributed by atoms with Crippen molar-refractivity contribution in [3.05, 3.63) is 78.1 Å². The second kappa shape index (κ2) is 11.4. The van der Waals surface area contributed by atoms with Crippen molar-refractivity contribution in [1.29, 1.82) is 0 Å². The molecular formula is C24H28N4O3. The van der Waals surface area contributed by atoms with Crippen LogP contribution in [0.1, 0.15) is 18.2 Å². The van der Waals surface area contributed by atoms with Gasteiger partial charge < -0.3 is 24.8 Å². The highest BCUT2D eigenvalue weighted by atomic mass is 16.5. The zero-order valence-electron chi connectivity index (χ0n) is 18.1. The number of nitrogens with zero attached hydrogens (tertiary/aromatic N) is 2. The van der Waals surface area contributed by atoms with Gasteiger partial charge in [-0.1, -0.05) is 18.2 Å². The number of methoxy groups -OCH3 is 2. The fraction of sp³-hybridized carbons (Fsp3) is 0.250. The van der Waals surface area contributed by atoms with Crippen LogP contribution in [-0.4, -0.2) is 31.7 Å². The van der Waals surface area contributed by atoms with Crippen LogP contribution in [0.4, 0.5) is 5.69 Å². The van der Waals surface area contributed by atoms with Crippen LogP contribution in [0.2, 0.25) is 0 Å². The van der Waals surface area contributed by atoms with E-state index in [2.05, 4.69) is 15.6 Å². The molecule has 0 fully saturated rings. The van der Waals surface area contributed by atoms with E-state index < -0.39 is 0 Å². The molecule has 0 atom stereocenters. The van der Waals surface area contributed by atoms with Gasteiger partial charge in [-0.25, -0.2) is 4.99 Å². The lowest BCUT2D eigenvalue weighted by Crippen LogP contribution is -2.30. The van der Waals surface area contributed by atoms with Gasteiger partial charge >= 0.3 is 0 Å². The van der Waals surface area contributed by atoms with Gasteiger partial charge in [-0.15, -0.1) is 0 Å². The molecule has 0 aliphatic rings. The molecule has 3 aromatic rings. The third-order valence-electron chi connectivity index (χ3n) is 4.42. The predicted molar refractivity (Wildman–Crippen MR) is 123 cm³/mol. The molecule has 0 amide bonds. The van der Waals surface area contributed by atoms with Crippen molar-refractivity contribution in [2.75, 3.05) is 26.1 Å². The molecule has 0 aliphatic heterocycles. The lowest BCUT2D eigenvalue weighted by Gasteiger charge is -2.14. The summed E-state index contributed by atoms with van der Waals surface area (Å²) in [5, 5.41) is 6.56. The molecule has 2 aromatic carbocycles. The number of benzene rings is 2. The lowest BCUT2D eigenvalue weighted by atomic mass is 10.2. The number of nitrogens with one attached hydrogen (secondary N) is 2. The van der Waals surface area contributed by atoms with Crippen LogP contribution in [0, 0.1) is 0 Å².